The van der Waals surface area contributed by atoms with E-state index in [1.54, 1.807) is 18.6 Å². The minimum absolute atomic E-state index is 0.0847. The number of nitrogens with two attached hydrogens (primary N) is 2. The third-order valence-corrected chi connectivity index (χ3v) is 8.43. The van der Waals surface area contributed by atoms with E-state index in [0.717, 1.165) is 51.9 Å². The molecular weight excluding hydrogens is 416 g/mol. The minimum Gasteiger partial charge on any atom is -0.611 e. The van der Waals surface area contributed by atoms with Gasteiger partial charge in [0.05, 0.1) is 5.69 Å². The summed E-state index contributed by atoms with van der Waals surface area (Å²) in [5.41, 5.74) is 16.0. The largest absolute Gasteiger partial charge is 0.611 e. The topological polar surface area (TPSA) is 126 Å². The molecule has 9 heteroatoms. The maximum absolute atomic E-state index is 13.0. The molecule has 3 aromatic heterocycles. The number of aromatic nitrogens is 2. The number of nitrogens with zero attached hydrogens (tertiary/aromatic N) is 4. The normalized spacial score (nSPS) is 16.5. The van der Waals surface area contributed by atoms with Gasteiger partial charge in [0.25, 0.3) is 0 Å². The lowest BCUT2D eigenvalue weighted by molar-refractivity contribution is 0.478. The number of hydrogen-bond acceptors (Lipinski definition) is 6. The lowest BCUT2D eigenvalue weighted by atomic mass is 10.00. The van der Waals surface area contributed by atoms with Crippen molar-refractivity contribution in [2.75, 3.05) is 5.73 Å². The number of hydrogen-bond donors (Lipinski definition) is 2. The highest BCUT2D eigenvalue weighted by molar-refractivity contribution is 7.94. The molecule has 0 bridgehead atoms. The highest BCUT2D eigenvalue weighted by Gasteiger charge is 2.35. The van der Waals surface area contributed by atoms with Gasteiger partial charge < -0.3 is 16.0 Å². The van der Waals surface area contributed by atoms with Crippen molar-refractivity contribution in [3.8, 4) is 11.1 Å². The highest BCUT2D eigenvalue weighted by atomic mass is 32.2. The fourth-order valence-electron chi connectivity index (χ4n) is 3.21. The molecule has 0 aliphatic heterocycles. The van der Waals surface area contributed by atoms with Crippen molar-refractivity contribution >= 4 is 56.7 Å². The summed E-state index contributed by atoms with van der Waals surface area (Å²) in [4.78, 5) is 17.4. The summed E-state index contributed by atoms with van der Waals surface area (Å²) in [7, 11) is 0. The van der Waals surface area contributed by atoms with E-state index in [0.29, 0.717) is 9.90 Å². The Morgan fingerprint density at radius 3 is 2.87 bits per heavy atom. The van der Waals surface area contributed by atoms with Gasteiger partial charge in [-0.2, -0.15) is 0 Å². The monoisotopic (exact) mass is 438 g/mol. The Bertz CT molecular complexity index is 1150. The standard InChI is InChI=1S/C21H22N6OS2/c1-12(10-26-21(23)24-2)16-9-15(13-5-4-8-25-11-13)17-18(22)20(29-19(17)27-16)30(28)14-6-3-7-14/h4-5,8-11,14H,2-3,6-7,22H2,1H3,(H2,23,26)/b12-10+. The molecule has 1 fully saturated rings. The summed E-state index contributed by atoms with van der Waals surface area (Å²) in [6.45, 7) is 5.26. The van der Waals surface area contributed by atoms with Gasteiger partial charge in [-0.15, -0.1) is 0 Å². The first-order valence-corrected chi connectivity index (χ1v) is 11.5. The van der Waals surface area contributed by atoms with E-state index in [-0.39, 0.29) is 11.2 Å². The molecule has 1 saturated carbocycles. The smallest absolute Gasteiger partial charge is 0.232 e. The molecule has 1 aliphatic carbocycles. The molecule has 4 N–H and O–H groups in total. The molecule has 0 aromatic carbocycles. The van der Waals surface area contributed by atoms with Crippen LogP contribution in [0.3, 0.4) is 0 Å². The lowest BCUT2D eigenvalue weighted by Gasteiger charge is -2.27. The summed E-state index contributed by atoms with van der Waals surface area (Å²) in [5, 5.41) is 1.01. The van der Waals surface area contributed by atoms with Gasteiger partial charge >= 0.3 is 0 Å². The van der Waals surface area contributed by atoms with E-state index in [1.807, 2.05) is 25.1 Å². The van der Waals surface area contributed by atoms with Crippen LogP contribution in [0, 0.1) is 0 Å². The summed E-state index contributed by atoms with van der Waals surface area (Å²) >= 11 is 0.293. The van der Waals surface area contributed by atoms with E-state index < -0.39 is 11.2 Å². The van der Waals surface area contributed by atoms with E-state index in [4.69, 9.17) is 16.5 Å². The minimum atomic E-state index is -1.11. The second kappa shape index (κ2) is 8.55. The first kappa shape index (κ1) is 20.5. The zero-order chi connectivity index (χ0) is 21.3. The van der Waals surface area contributed by atoms with Crippen molar-refractivity contribution < 1.29 is 4.55 Å². The highest BCUT2D eigenvalue weighted by Crippen LogP contribution is 2.45. The molecule has 1 unspecified atom stereocenters. The van der Waals surface area contributed by atoms with Gasteiger partial charge in [-0.05, 0) is 56.2 Å². The number of anilines is 1. The first-order chi connectivity index (χ1) is 14.5. The second-order valence-corrected chi connectivity index (χ2v) is 10.0. The molecule has 1 atom stereocenters. The number of allylic oxidation sites excluding steroid dienone is 1. The quantitative estimate of drug-likeness (QED) is 0.354. The SMILES string of the molecule is C=N/C(N)=N\C=C(/C)c1cc(-c2cccnc2)c2c(N)c([S+]([O-])C3CCC3)sc2n1. The number of fused-ring (bicyclic) bond motifs is 1. The molecule has 0 spiro atoms. The first-order valence-electron chi connectivity index (χ1n) is 9.50. The Morgan fingerprint density at radius 1 is 1.43 bits per heavy atom. The number of pyridine rings is 2. The van der Waals surface area contributed by atoms with Gasteiger partial charge in [-0.1, -0.05) is 17.4 Å². The molecule has 30 heavy (non-hydrogen) atoms. The predicted molar refractivity (Wildman–Crippen MR) is 126 cm³/mol. The number of aliphatic imine (C=N–C) groups is 2. The third kappa shape index (κ3) is 3.83. The maximum Gasteiger partial charge on any atom is 0.232 e. The Kier molecular flexibility index (Phi) is 5.85. The van der Waals surface area contributed by atoms with Gasteiger partial charge in [-0.25, -0.2) is 15.0 Å². The number of guanidine groups is 1. The Labute approximate surface area is 181 Å². The number of nitrogen functional groups attached to an aromatic ring is 1. The number of rotatable bonds is 5. The zero-order valence-corrected chi connectivity index (χ0v) is 18.2. The molecule has 3 heterocycles. The van der Waals surface area contributed by atoms with Crippen molar-refractivity contribution in [3.63, 3.8) is 0 Å². The molecule has 0 amide bonds. The average Bonchev–Trinajstić information content (AvgIpc) is 3.07. The van der Waals surface area contributed by atoms with E-state index in [1.165, 1.54) is 11.3 Å². The van der Waals surface area contributed by atoms with Crippen molar-refractivity contribution in [2.24, 2.45) is 15.7 Å². The zero-order valence-electron chi connectivity index (χ0n) is 16.5. The van der Waals surface area contributed by atoms with Crippen LogP contribution in [0.5, 0.6) is 0 Å². The van der Waals surface area contributed by atoms with Crippen LogP contribution in [-0.2, 0) is 11.2 Å². The third-order valence-electron chi connectivity index (χ3n) is 5.13. The van der Waals surface area contributed by atoms with Crippen molar-refractivity contribution in [1.82, 2.24) is 9.97 Å². The van der Waals surface area contributed by atoms with Crippen LogP contribution in [-0.4, -0.2) is 32.4 Å². The molecule has 7 nitrogen and oxygen atoms in total. The van der Waals surface area contributed by atoms with E-state index in [9.17, 15) is 4.55 Å². The van der Waals surface area contributed by atoms with Gasteiger partial charge in [0.1, 0.15) is 15.8 Å². The Morgan fingerprint density at radius 2 is 2.23 bits per heavy atom. The molecule has 3 aromatic rings. The summed E-state index contributed by atoms with van der Waals surface area (Å²) < 4.78 is 13.7. The Balaban J connectivity index is 1.90. The molecule has 154 valence electrons. The van der Waals surface area contributed by atoms with Crippen LogP contribution in [0.1, 0.15) is 31.9 Å². The Hall–Kier alpha value is -2.75. The average molecular weight is 439 g/mol. The summed E-state index contributed by atoms with van der Waals surface area (Å²) in [5.74, 6) is 0.0847. The van der Waals surface area contributed by atoms with Crippen molar-refractivity contribution in [3.05, 3.63) is 42.5 Å². The van der Waals surface area contributed by atoms with Crippen molar-refractivity contribution in [1.29, 1.82) is 0 Å². The van der Waals surface area contributed by atoms with Gasteiger partial charge in [-0.3, -0.25) is 4.98 Å². The van der Waals surface area contributed by atoms with Crippen LogP contribution in [0.15, 0.2) is 51.0 Å². The number of thiophene rings is 1. The van der Waals surface area contributed by atoms with Gasteiger partial charge in [0.2, 0.25) is 10.2 Å². The molecular formula is C21H22N6OS2. The molecule has 0 saturated heterocycles. The van der Waals surface area contributed by atoms with Crippen LogP contribution in [0.2, 0.25) is 0 Å². The van der Waals surface area contributed by atoms with Gasteiger partial charge in [0, 0.05) is 40.7 Å². The fourth-order valence-corrected chi connectivity index (χ4v) is 6.42. The van der Waals surface area contributed by atoms with E-state index >= 15 is 0 Å². The molecule has 1 aliphatic rings. The molecule has 0 radical (unpaired) electrons. The fraction of sp³-hybridized carbons (Fsp3) is 0.238. The van der Waals surface area contributed by atoms with Crippen LogP contribution in [0.4, 0.5) is 5.69 Å². The van der Waals surface area contributed by atoms with Crippen molar-refractivity contribution in [2.45, 2.75) is 35.6 Å². The molecule has 4 rings (SSSR count). The van der Waals surface area contributed by atoms with Crippen LogP contribution >= 0.6 is 11.3 Å². The van der Waals surface area contributed by atoms with Crippen LogP contribution in [0.25, 0.3) is 26.9 Å². The van der Waals surface area contributed by atoms with Gasteiger partial charge in [0.15, 0.2) is 0 Å². The van der Waals surface area contributed by atoms with E-state index in [2.05, 4.69) is 21.7 Å². The summed E-state index contributed by atoms with van der Waals surface area (Å²) in [6.07, 6.45) is 8.20. The summed E-state index contributed by atoms with van der Waals surface area (Å²) in [6, 6.07) is 5.81. The maximum atomic E-state index is 13.0. The van der Waals surface area contributed by atoms with Crippen LogP contribution < -0.4 is 11.5 Å². The lowest BCUT2D eigenvalue weighted by Crippen LogP contribution is -2.28. The second-order valence-electron chi connectivity index (χ2n) is 7.09. The predicted octanol–water partition coefficient (Wildman–Crippen LogP) is 3.98.